The van der Waals surface area contributed by atoms with E-state index in [-0.39, 0.29) is 12.2 Å². The first-order valence-corrected chi connectivity index (χ1v) is 12.6. The zero-order valence-electron chi connectivity index (χ0n) is 21.1. The Labute approximate surface area is 225 Å². The number of hydrogen-bond donors (Lipinski definition) is 3. The van der Waals surface area contributed by atoms with Gasteiger partial charge in [-0.05, 0) is 46.5 Å². The molecule has 3 N–H and O–H groups in total. The molecule has 0 aliphatic carbocycles. The van der Waals surface area contributed by atoms with Crippen molar-refractivity contribution >= 4 is 35.1 Å². The van der Waals surface area contributed by atoms with E-state index in [1.165, 1.54) is 0 Å². The van der Waals surface area contributed by atoms with Crippen LogP contribution in [0.1, 0.15) is 32.9 Å². The lowest BCUT2D eigenvalue weighted by molar-refractivity contribution is -0.139. The van der Waals surface area contributed by atoms with Gasteiger partial charge in [0, 0.05) is 6.42 Å². The van der Waals surface area contributed by atoms with Gasteiger partial charge in [0.25, 0.3) is 5.91 Å². The summed E-state index contributed by atoms with van der Waals surface area (Å²) in [6.45, 7) is 0.441. The van der Waals surface area contributed by atoms with Crippen molar-refractivity contribution < 1.29 is 19.4 Å². The molecule has 0 radical (unpaired) electrons. The van der Waals surface area contributed by atoms with Gasteiger partial charge in [-0.15, -0.1) is 0 Å². The summed E-state index contributed by atoms with van der Waals surface area (Å²) in [6, 6.07) is 31.5. The van der Waals surface area contributed by atoms with Crippen molar-refractivity contribution in [2.75, 3.05) is 0 Å². The summed E-state index contributed by atoms with van der Waals surface area (Å²) >= 11 is 0. The first-order valence-electron chi connectivity index (χ1n) is 12.6. The van der Waals surface area contributed by atoms with Crippen molar-refractivity contribution in [1.29, 1.82) is 0 Å². The van der Waals surface area contributed by atoms with Crippen LogP contribution in [0.25, 0.3) is 23.2 Å². The molecule has 0 saturated heterocycles. The number of carbonyl (C=O) groups is 2. The predicted molar refractivity (Wildman–Crippen MR) is 151 cm³/mol. The third kappa shape index (κ3) is 6.78. The third-order valence-electron chi connectivity index (χ3n) is 6.20. The lowest BCUT2D eigenvalue weighted by atomic mass is 10.1. The topological polar surface area (TPSA) is 104 Å². The van der Waals surface area contributed by atoms with Crippen molar-refractivity contribution in [2.45, 2.75) is 19.1 Å². The summed E-state index contributed by atoms with van der Waals surface area (Å²) in [7, 11) is 0. The minimum atomic E-state index is -1.13. The number of carboxylic acid groups (broad SMARTS) is 1. The summed E-state index contributed by atoms with van der Waals surface area (Å²) < 4.78 is 5.79. The summed E-state index contributed by atoms with van der Waals surface area (Å²) in [5, 5.41) is 12.3. The van der Waals surface area contributed by atoms with E-state index in [0.29, 0.717) is 23.4 Å². The summed E-state index contributed by atoms with van der Waals surface area (Å²) in [4.78, 5) is 32.2. The highest BCUT2D eigenvalue weighted by atomic mass is 16.5. The Kier molecular flexibility index (Phi) is 7.79. The average Bonchev–Trinajstić information content (AvgIpc) is 3.40. The van der Waals surface area contributed by atoms with E-state index < -0.39 is 17.9 Å². The highest BCUT2D eigenvalue weighted by Gasteiger charge is 2.23. The molecule has 7 heteroatoms. The van der Waals surface area contributed by atoms with Crippen molar-refractivity contribution in [3.05, 3.63) is 131 Å². The van der Waals surface area contributed by atoms with Crippen molar-refractivity contribution in [1.82, 2.24) is 15.3 Å². The molecule has 5 aromatic rings. The van der Waals surface area contributed by atoms with Crippen LogP contribution < -0.4 is 10.1 Å². The molecule has 39 heavy (non-hydrogen) atoms. The number of fused-ring (bicyclic) bond motifs is 1. The van der Waals surface area contributed by atoms with Gasteiger partial charge < -0.3 is 20.1 Å². The van der Waals surface area contributed by atoms with Gasteiger partial charge in [0.15, 0.2) is 5.82 Å². The van der Waals surface area contributed by atoms with Crippen LogP contribution in [-0.4, -0.2) is 33.0 Å². The zero-order valence-corrected chi connectivity index (χ0v) is 21.1. The van der Waals surface area contributed by atoms with Gasteiger partial charge in [0.05, 0.1) is 11.0 Å². The van der Waals surface area contributed by atoms with Crippen molar-refractivity contribution in [3.63, 3.8) is 0 Å². The smallest absolute Gasteiger partial charge is 0.326 e. The number of imidazole rings is 1. The molecule has 5 rings (SSSR count). The maximum absolute atomic E-state index is 12.9. The number of aromatic nitrogens is 2. The molecule has 0 aliphatic rings. The van der Waals surface area contributed by atoms with Gasteiger partial charge in [-0.1, -0.05) is 91.0 Å². The minimum Gasteiger partial charge on any atom is -0.489 e. The maximum Gasteiger partial charge on any atom is 0.326 e. The first kappa shape index (κ1) is 25.5. The van der Waals surface area contributed by atoms with Crippen LogP contribution in [0.3, 0.4) is 0 Å². The fraction of sp³-hybridized carbons (Fsp3) is 0.0938. The summed E-state index contributed by atoms with van der Waals surface area (Å²) in [5.41, 5.74) is 5.15. The quantitative estimate of drug-likeness (QED) is 0.205. The number of H-pyrrole nitrogens is 1. The Morgan fingerprint density at radius 1 is 0.846 bits per heavy atom. The van der Waals surface area contributed by atoms with Gasteiger partial charge in [-0.2, -0.15) is 0 Å². The lowest BCUT2D eigenvalue weighted by Gasteiger charge is -2.14. The van der Waals surface area contributed by atoms with E-state index in [1.54, 1.807) is 24.3 Å². The fourth-order valence-electron chi connectivity index (χ4n) is 4.12. The number of hydrogen-bond acceptors (Lipinski definition) is 4. The van der Waals surface area contributed by atoms with Gasteiger partial charge in [-0.25, -0.2) is 9.78 Å². The van der Waals surface area contributed by atoms with Crippen LogP contribution in [-0.2, 0) is 17.8 Å². The molecule has 1 heterocycles. The number of nitrogens with one attached hydrogen (secondary N) is 2. The molecular formula is C32H27N3O4. The number of benzene rings is 4. The molecule has 4 aromatic carbocycles. The van der Waals surface area contributed by atoms with Gasteiger partial charge >= 0.3 is 5.97 Å². The highest BCUT2D eigenvalue weighted by Crippen LogP contribution is 2.18. The van der Waals surface area contributed by atoms with E-state index in [9.17, 15) is 14.7 Å². The minimum absolute atomic E-state index is 0.0603. The number of carbonyl (C=O) groups excluding carboxylic acids is 1. The number of ether oxygens (including phenoxy) is 1. The first-order chi connectivity index (χ1) is 19.0. The SMILES string of the molecule is O=C(NC(Cc1ccc(OCc2ccccc2)cc1)C(=O)O)c1nc2ccc(/C=C/c3ccccc3)cc2[nH]1. The van der Waals surface area contributed by atoms with Gasteiger partial charge in [0.1, 0.15) is 18.4 Å². The molecule has 0 bridgehead atoms. The Morgan fingerprint density at radius 2 is 1.54 bits per heavy atom. The number of carboxylic acids is 1. The van der Waals surface area contributed by atoms with E-state index in [4.69, 9.17) is 4.74 Å². The van der Waals surface area contributed by atoms with E-state index >= 15 is 0 Å². The molecule has 194 valence electrons. The molecule has 1 unspecified atom stereocenters. The molecule has 1 amide bonds. The molecule has 0 aliphatic heterocycles. The Hall–Kier alpha value is -5.17. The molecule has 1 atom stereocenters. The third-order valence-corrected chi connectivity index (χ3v) is 6.20. The van der Waals surface area contributed by atoms with E-state index in [0.717, 1.165) is 22.3 Å². The van der Waals surface area contributed by atoms with Crippen molar-refractivity contribution in [3.8, 4) is 5.75 Å². The summed E-state index contributed by atoms with van der Waals surface area (Å²) in [5.74, 6) is -0.969. The second kappa shape index (κ2) is 11.9. The molecule has 7 nitrogen and oxygen atoms in total. The number of amides is 1. The Morgan fingerprint density at radius 3 is 2.26 bits per heavy atom. The maximum atomic E-state index is 12.9. The summed E-state index contributed by atoms with van der Waals surface area (Å²) in [6.07, 6.45) is 4.10. The average molecular weight is 518 g/mol. The van der Waals surface area contributed by atoms with Crippen LogP contribution in [0.15, 0.2) is 103 Å². The second-order valence-corrected chi connectivity index (χ2v) is 9.09. The Bertz CT molecular complexity index is 1590. The lowest BCUT2D eigenvalue weighted by Crippen LogP contribution is -2.42. The van der Waals surface area contributed by atoms with Gasteiger partial charge in [0.2, 0.25) is 0 Å². The van der Waals surface area contributed by atoms with E-state index in [2.05, 4.69) is 15.3 Å². The molecule has 0 saturated carbocycles. The molecular weight excluding hydrogens is 490 g/mol. The van der Waals surface area contributed by atoms with Gasteiger partial charge in [-0.3, -0.25) is 4.79 Å². The largest absolute Gasteiger partial charge is 0.489 e. The number of aliphatic carboxylic acids is 1. The van der Waals surface area contributed by atoms with Crippen LogP contribution in [0.4, 0.5) is 0 Å². The molecule has 1 aromatic heterocycles. The normalized spacial score (nSPS) is 11.9. The highest BCUT2D eigenvalue weighted by molar-refractivity contribution is 5.96. The van der Waals surface area contributed by atoms with E-state index in [1.807, 2.05) is 91.0 Å². The fourth-order valence-corrected chi connectivity index (χ4v) is 4.12. The zero-order chi connectivity index (χ0) is 27.0. The second-order valence-electron chi connectivity index (χ2n) is 9.09. The number of nitrogens with zero attached hydrogens (tertiary/aromatic N) is 1. The number of rotatable bonds is 10. The van der Waals surface area contributed by atoms with Crippen LogP contribution in [0.5, 0.6) is 5.75 Å². The van der Waals surface area contributed by atoms with Crippen LogP contribution in [0, 0.1) is 0 Å². The Balaban J connectivity index is 1.22. The number of aromatic amines is 1. The van der Waals surface area contributed by atoms with Crippen LogP contribution >= 0.6 is 0 Å². The van der Waals surface area contributed by atoms with Crippen LogP contribution in [0.2, 0.25) is 0 Å². The molecule has 0 spiro atoms. The van der Waals surface area contributed by atoms with Crippen molar-refractivity contribution in [2.24, 2.45) is 0 Å². The predicted octanol–water partition coefficient (Wildman–Crippen LogP) is 5.74. The molecule has 0 fully saturated rings. The monoisotopic (exact) mass is 517 g/mol. The standard InChI is InChI=1S/C32H27N3O4/c36-31(30-33-27-18-15-23(19-28(27)34-30)12-11-22-7-3-1-4-8-22)35-29(32(37)38)20-24-13-16-26(17-14-24)39-21-25-9-5-2-6-10-25/h1-19,29H,20-21H2,(H,33,34)(H,35,36)(H,37,38)/b12-11+.